The molecule has 0 aliphatic rings. The standard InChI is InChI=1S/C50H35N5/c1-51-49(36-15-7-3-8-16-36)55-50(37-17-9-4-10-18-37)53-32-34-27-42(35-13-5-2-6-14-35)31-43(28-34)40-22-21-39-30-41(24-23-38(39)29-40)48-46-33-52-26-25-44(46)45-19-11-12-20-47(45)54-48/h2-31,33H,1,32H2. The van der Waals surface area contributed by atoms with Crippen molar-refractivity contribution in [2.75, 3.05) is 0 Å². The summed E-state index contributed by atoms with van der Waals surface area (Å²) < 4.78 is 0. The lowest BCUT2D eigenvalue weighted by molar-refractivity contribution is 1.06. The first-order chi connectivity index (χ1) is 27.2. The Labute approximate surface area is 319 Å². The zero-order valence-corrected chi connectivity index (χ0v) is 30.0. The van der Waals surface area contributed by atoms with Gasteiger partial charge in [-0.3, -0.25) is 9.98 Å². The molecule has 0 saturated carbocycles. The molecule has 0 fully saturated rings. The number of pyridine rings is 2. The lowest BCUT2D eigenvalue weighted by Crippen LogP contribution is -2.05. The van der Waals surface area contributed by atoms with Gasteiger partial charge in [0.2, 0.25) is 0 Å². The fourth-order valence-electron chi connectivity index (χ4n) is 7.16. The van der Waals surface area contributed by atoms with Crippen molar-refractivity contribution in [3.8, 4) is 33.5 Å². The molecule has 0 unspecified atom stereocenters. The van der Waals surface area contributed by atoms with E-state index in [1.54, 1.807) is 0 Å². The van der Waals surface area contributed by atoms with Crippen LogP contribution in [-0.4, -0.2) is 28.4 Å². The van der Waals surface area contributed by atoms with E-state index < -0.39 is 0 Å². The Balaban J connectivity index is 1.11. The lowest BCUT2D eigenvalue weighted by Gasteiger charge is -2.12. The van der Waals surface area contributed by atoms with Crippen LogP contribution in [0.3, 0.4) is 0 Å². The van der Waals surface area contributed by atoms with Crippen molar-refractivity contribution >= 4 is 50.8 Å². The van der Waals surface area contributed by atoms with Crippen LogP contribution in [0.15, 0.2) is 203 Å². The van der Waals surface area contributed by atoms with Crippen LogP contribution in [-0.2, 0) is 6.54 Å². The van der Waals surface area contributed by atoms with Crippen molar-refractivity contribution in [2.45, 2.75) is 6.54 Å². The molecule has 0 saturated heterocycles. The number of nitrogens with zero attached hydrogens (tertiary/aromatic N) is 5. The van der Waals surface area contributed by atoms with Gasteiger partial charge in [-0.15, -0.1) is 0 Å². The first-order valence-electron chi connectivity index (χ1n) is 18.3. The average Bonchev–Trinajstić information content (AvgIpc) is 3.26. The number of rotatable bonds is 7. The molecule has 55 heavy (non-hydrogen) atoms. The van der Waals surface area contributed by atoms with E-state index in [1.807, 2.05) is 85.2 Å². The van der Waals surface area contributed by atoms with Crippen LogP contribution in [0.4, 0.5) is 0 Å². The van der Waals surface area contributed by atoms with Crippen LogP contribution >= 0.6 is 0 Å². The van der Waals surface area contributed by atoms with Crippen molar-refractivity contribution in [2.24, 2.45) is 15.0 Å². The van der Waals surface area contributed by atoms with Gasteiger partial charge in [0.05, 0.1) is 17.8 Å². The highest BCUT2D eigenvalue weighted by atomic mass is 15.0. The van der Waals surface area contributed by atoms with Gasteiger partial charge in [-0.05, 0) is 93.2 Å². The number of fused-ring (bicyclic) bond motifs is 4. The van der Waals surface area contributed by atoms with Crippen molar-refractivity contribution in [3.63, 3.8) is 0 Å². The highest BCUT2D eigenvalue weighted by Crippen LogP contribution is 2.35. The Hall–Kier alpha value is -7.37. The Kier molecular flexibility index (Phi) is 9.09. The highest BCUT2D eigenvalue weighted by Gasteiger charge is 2.13. The second kappa shape index (κ2) is 14.9. The molecule has 0 radical (unpaired) electrons. The number of aromatic nitrogens is 2. The summed E-state index contributed by atoms with van der Waals surface area (Å²) in [5.41, 5.74) is 10.4. The van der Waals surface area contributed by atoms with E-state index in [9.17, 15) is 0 Å². The topological polar surface area (TPSA) is 62.9 Å². The molecule has 9 aromatic rings. The molecule has 5 nitrogen and oxygen atoms in total. The number of amidine groups is 2. The largest absolute Gasteiger partial charge is 0.264 e. The van der Waals surface area contributed by atoms with Crippen molar-refractivity contribution in [1.82, 2.24) is 9.97 Å². The van der Waals surface area contributed by atoms with E-state index in [0.717, 1.165) is 82.6 Å². The van der Waals surface area contributed by atoms with Crippen molar-refractivity contribution < 1.29 is 0 Å². The fraction of sp³-hybridized carbons (Fsp3) is 0.0200. The summed E-state index contributed by atoms with van der Waals surface area (Å²) in [5, 5.41) is 5.63. The van der Waals surface area contributed by atoms with Gasteiger partial charge in [0.15, 0.2) is 11.7 Å². The number of benzene rings is 7. The maximum atomic E-state index is 5.11. The zero-order chi connectivity index (χ0) is 37.0. The predicted octanol–water partition coefficient (Wildman–Crippen LogP) is 12.0. The molecule has 0 bridgehead atoms. The molecule has 2 heterocycles. The molecular formula is C50H35N5. The molecule has 0 aliphatic heterocycles. The van der Waals surface area contributed by atoms with Crippen molar-refractivity contribution in [3.05, 3.63) is 205 Å². The van der Waals surface area contributed by atoms with Crippen LogP contribution in [0.1, 0.15) is 16.7 Å². The number of para-hydroxylation sites is 1. The molecule has 0 spiro atoms. The van der Waals surface area contributed by atoms with Gasteiger partial charge in [0, 0.05) is 39.9 Å². The Morgan fingerprint density at radius 2 is 1.11 bits per heavy atom. The summed E-state index contributed by atoms with van der Waals surface area (Å²) in [6.07, 6.45) is 3.77. The average molecular weight is 706 g/mol. The third-order valence-corrected chi connectivity index (χ3v) is 9.89. The number of hydrogen-bond donors (Lipinski definition) is 0. The summed E-state index contributed by atoms with van der Waals surface area (Å²) in [5.74, 6) is 1.13. The molecule has 0 aliphatic carbocycles. The number of aliphatic imine (C=N–C) groups is 3. The van der Waals surface area contributed by atoms with Gasteiger partial charge in [-0.2, -0.15) is 0 Å². The maximum Gasteiger partial charge on any atom is 0.161 e. The van der Waals surface area contributed by atoms with Crippen LogP contribution in [0.5, 0.6) is 0 Å². The molecule has 0 amide bonds. The summed E-state index contributed by atoms with van der Waals surface area (Å²) in [6.45, 7) is 4.25. The molecular weight excluding hydrogens is 671 g/mol. The third-order valence-electron chi connectivity index (χ3n) is 9.89. The van der Waals surface area contributed by atoms with E-state index in [-0.39, 0.29) is 0 Å². The SMILES string of the molecule is C=NC(=NC(=NCc1cc(-c2ccccc2)cc(-c2ccc3cc(-c4nc5ccccc5c5ccncc45)ccc3c2)c1)c1ccccc1)c1ccccc1. The normalized spacial score (nSPS) is 12.0. The second-order valence-corrected chi connectivity index (χ2v) is 13.4. The van der Waals surface area contributed by atoms with Crippen molar-refractivity contribution in [1.29, 1.82) is 0 Å². The predicted molar refractivity (Wildman–Crippen MR) is 230 cm³/mol. The van der Waals surface area contributed by atoms with Crippen LogP contribution < -0.4 is 0 Å². The van der Waals surface area contributed by atoms with Gasteiger partial charge in [-0.1, -0.05) is 133 Å². The van der Waals surface area contributed by atoms with Gasteiger partial charge in [-0.25, -0.2) is 15.0 Å². The monoisotopic (exact) mass is 705 g/mol. The summed E-state index contributed by atoms with van der Waals surface area (Å²) in [4.78, 5) is 23.9. The fourth-order valence-corrected chi connectivity index (χ4v) is 7.16. The van der Waals surface area contributed by atoms with E-state index in [2.05, 4.69) is 120 Å². The first kappa shape index (κ1) is 33.5. The summed E-state index contributed by atoms with van der Waals surface area (Å²) >= 11 is 0. The minimum absolute atomic E-state index is 0.430. The molecule has 260 valence electrons. The molecule has 0 atom stereocenters. The van der Waals surface area contributed by atoms with Gasteiger partial charge in [0.1, 0.15) is 0 Å². The van der Waals surface area contributed by atoms with Crippen LogP contribution in [0.25, 0.3) is 66.0 Å². The first-order valence-corrected chi connectivity index (χ1v) is 18.3. The maximum absolute atomic E-state index is 5.11. The Morgan fingerprint density at radius 3 is 1.84 bits per heavy atom. The van der Waals surface area contributed by atoms with E-state index in [4.69, 9.17) is 15.0 Å². The van der Waals surface area contributed by atoms with Crippen LogP contribution in [0, 0.1) is 0 Å². The van der Waals surface area contributed by atoms with E-state index >= 15 is 0 Å². The quantitative estimate of drug-likeness (QED) is 0.0941. The Bertz CT molecular complexity index is 2900. The Morgan fingerprint density at radius 1 is 0.491 bits per heavy atom. The smallest absolute Gasteiger partial charge is 0.161 e. The zero-order valence-electron chi connectivity index (χ0n) is 30.0. The van der Waals surface area contributed by atoms with Gasteiger partial charge in [0.25, 0.3) is 0 Å². The van der Waals surface area contributed by atoms with Gasteiger partial charge < -0.3 is 0 Å². The minimum Gasteiger partial charge on any atom is -0.264 e. The lowest BCUT2D eigenvalue weighted by atomic mass is 9.94. The van der Waals surface area contributed by atoms with Crippen LogP contribution in [0.2, 0.25) is 0 Å². The molecule has 9 rings (SSSR count). The molecule has 7 aromatic carbocycles. The number of hydrogen-bond acceptors (Lipinski definition) is 3. The molecule has 5 heteroatoms. The summed E-state index contributed by atoms with van der Waals surface area (Å²) in [6, 6.07) is 60.8. The summed E-state index contributed by atoms with van der Waals surface area (Å²) in [7, 11) is 0. The van der Waals surface area contributed by atoms with E-state index in [1.165, 1.54) is 0 Å². The third kappa shape index (κ3) is 6.95. The van der Waals surface area contributed by atoms with Gasteiger partial charge >= 0.3 is 0 Å². The molecule has 2 aromatic heterocycles. The van der Waals surface area contributed by atoms with E-state index in [0.29, 0.717) is 18.2 Å². The minimum atomic E-state index is 0.430. The molecule has 0 N–H and O–H groups in total. The highest BCUT2D eigenvalue weighted by molar-refractivity contribution is 6.13. The second-order valence-electron chi connectivity index (χ2n) is 13.4.